The van der Waals surface area contributed by atoms with Gasteiger partial charge in [0.2, 0.25) is 0 Å². The number of carbonyl (C=O) groups excluding carboxylic acids is 1. The molecule has 2 atom stereocenters. The van der Waals surface area contributed by atoms with Gasteiger partial charge in [0, 0.05) is 18.5 Å². The molecular formula is C13H19N3O2. The highest BCUT2D eigenvalue weighted by Crippen LogP contribution is 2.21. The van der Waals surface area contributed by atoms with Crippen molar-refractivity contribution in [3.05, 3.63) is 24.3 Å². The molecule has 0 aliphatic heterocycles. The number of ether oxygens (including phenoxy) is 1. The second-order valence-electron chi connectivity index (χ2n) is 4.54. The first-order chi connectivity index (χ1) is 8.69. The summed E-state index contributed by atoms with van der Waals surface area (Å²) in [5.74, 6) is 0. The maximum absolute atomic E-state index is 11.8. The summed E-state index contributed by atoms with van der Waals surface area (Å²) in [4.78, 5) is 11.8. The summed E-state index contributed by atoms with van der Waals surface area (Å²) >= 11 is 0. The van der Waals surface area contributed by atoms with Crippen molar-refractivity contribution in [2.45, 2.75) is 31.4 Å². The van der Waals surface area contributed by atoms with Gasteiger partial charge >= 0.3 is 6.03 Å². The van der Waals surface area contributed by atoms with E-state index in [0.717, 1.165) is 19.3 Å². The lowest BCUT2D eigenvalue weighted by Crippen LogP contribution is -2.42. The quantitative estimate of drug-likeness (QED) is 0.717. The first kappa shape index (κ1) is 12.7. The number of hydrogen-bond donors (Lipinski definition) is 3. The van der Waals surface area contributed by atoms with Crippen LogP contribution in [0.1, 0.15) is 19.3 Å². The van der Waals surface area contributed by atoms with Crippen LogP contribution in [0, 0.1) is 0 Å². The Hall–Kier alpha value is -1.75. The highest BCUT2D eigenvalue weighted by Gasteiger charge is 2.28. The summed E-state index contributed by atoms with van der Waals surface area (Å²) in [6.07, 6.45) is 3.17. The van der Waals surface area contributed by atoms with E-state index in [1.54, 1.807) is 31.4 Å². The number of rotatable bonds is 3. The zero-order valence-electron chi connectivity index (χ0n) is 10.5. The van der Waals surface area contributed by atoms with E-state index in [2.05, 4.69) is 10.6 Å². The minimum atomic E-state index is -0.213. The fourth-order valence-electron chi connectivity index (χ4n) is 2.33. The van der Waals surface area contributed by atoms with Crippen molar-refractivity contribution in [3.63, 3.8) is 0 Å². The molecule has 1 aromatic rings. The number of anilines is 2. The van der Waals surface area contributed by atoms with Crippen molar-refractivity contribution in [1.82, 2.24) is 5.32 Å². The van der Waals surface area contributed by atoms with Crippen LogP contribution in [0.3, 0.4) is 0 Å². The highest BCUT2D eigenvalue weighted by atomic mass is 16.5. The van der Waals surface area contributed by atoms with E-state index in [-0.39, 0.29) is 18.2 Å². The second kappa shape index (κ2) is 5.73. The molecule has 0 spiro atoms. The second-order valence-corrected chi connectivity index (χ2v) is 4.54. The number of benzene rings is 1. The molecule has 98 valence electrons. The van der Waals surface area contributed by atoms with Gasteiger partial charge in [-0.15, -0.1) is 0 Å². The molecule has 2 amide bonds. The van der Waals surface area contributed by atoms with Crippen molar-refractivity contribution < 1.29 is 9.53 Å². The van der Waals surface area contributed by atoms with E-state index in [9.17, 15) is 4.79 Å². The molecule has 5 heteroatoms. The van der Waals surface area contributed by atoms with Gasteiger partial charge in [0.1, 0.15) is 0 Å². The molecule has 0 bridgehead atoms. The van der Waals surface area contributed by atoms with Crippen LogP contribution in [-0.2, 0) is 4.74 Å². The van der Waals surface area contributed by atoms with E-state index in [4.69, 9.17) is 10.5 Å². The SMILES string of the molecule is COC1CCCC1NC(=O)Nc1cccc(N)c1. The van der Waals surface area contributed by atoms with Crippen LogP contribution in [0.25, 0.3) is 0 Å². The zero-order valence-corrected chi connectivity index (χ0v) is 10.5. The van der Waals surface area contributed by atoms with Crippen LogP contribution >= 0.6 is 0 Å². The van der Waals surface area contributed by atoms with Crippen LogP contribution in [-0.4, -0.2) is 25.3 Å². The first-order valence-electron chi connectivity index (χ1n) is 6.15. The number of urea groups is 1. The first-order valence-corrected chi connectivity index (χ1v) is 6.15. The molecule has 1 aliphatic carbocycles. The average molecular weight is 249 g/mol. The van der Waals surface area contributed by atoms with E-state index in [1.807, 2.05) is 0 Å². The number of methoxy groups -OCH3 is 1. The summed E-state index contributed by atoms with van der Waals surface area (Å²) in [6, 6.07) is 6.99. The van der Waals surface area contributed by atoms with Crippen LogP contribution in [0.4, 0.5) is 16.2 Å². The van der Waals surface area contributed by atoms with Gasteiger partial charge in [-0.2, -0.15) is 0 Å². The molecule has 4 N–H and O–H groups in total. The molecule has 0 radical (unpaired) electrons. The smallest absolute Gasteiger partial charge is 0.319 e. The minimum Gasteiger partial charge on any atom is -0.399 e. The van der Waals surface area contributed by atoms with Gasteiger partial charge in [0.25, 0.3) is 0 Å². The fourth-order valence-corrected chi connectivity index (χ4v) is 2.33. The zero-order chi connectivity index (χ0) is 13.0. The van der Waals surface area contributed by atoms with E-state index < -0.39 is 0 Å². The number of nitrogens with two attached hydrogens (primary N) is 1. The Kier molecular flexibility index (Phi) is 4.04. The molecule has 1 aliphatic rings. The van der Waals surface area contributed by atoms with Crippen LogP contribution < -0.4 is 16.4 Å². The van der Waals surface area contributed by atoms with Gasteiger partial charge in [-0.3, -0.25) is 0 Å². The predicted octanol–water partition coefficient (Wildman–Crippen LogP) is 1.96. The van der Waals surface area contributed by atoms with Crippen molar-refractivity contribution in [3.8, 4) is 0 Å². The molecule has 1 saturated carbocycles. The molecule has 2 unspecified atom stereocenters. The van der Waals surface area contributed by atoms with Gasteiger partial charge in [-0.1, -0.05) is 6.07 Å². The Morgan fingerprint density at radius 2 is 2.28 bits per heavy atom. The molecule has 0 aromatic heterocycles. The van der Waals surface area contributed by atoms with Crippen LogP contribution in [0.15, 0.2) is 24.3 Å². The number of nitrogen functional groups attached to an aromatic ring is 1. The molecule has 2 rings (SSSR count). The Morgan fingerprint density at radius 3 is 3.00 bits per heavy atom. The lowest BCUT2D eigenvalue weighted by molar-refractivity contribution is 0.0882. The Labute approximate surface area is 107 Å². The molecule has 0 saturated heterocycles. The minimum absolute atomic E-state index is 0.0936. The van der Waals surface area contributed by atoms with Gasteiger partial charge in [0.05, 0.1) is 12.1 Å². The number of hydrogen-bond acceptors (Lipinski definition) is 3. The summed E-state index contributed by atoms with van der Waals surface area (Å²) in [7, 11) is 1.68. The predicted molar refractivity (Wildman–Crippen MR) is 71.4 cm³/mol. The number of amides is 2. The highest BCUT2D eigenvalue weighted by molar-refractivity contribution is 5.90. The summed E-state index contributed by atoms with van der Waals surface area (Å²) in [5, 5.41) is 5.70. The van der Waals surface area contributed by atoms with Crippen molar-refractivity contribution >= 4 is 17.4 Å². The number of carbonyl (C=O) groups is 1. The monoisotopic (exact) mass is 249 g/mol. The summed E-state index contributed by atoms with van der Waals surface area (Å²) in [5.41, 5.74) is 6.97. The van der Waals surface area contributed by atoms with Gasteiger partial charge in [0.15, 0.2) is 0 Å². The van der Waals surface area contributed by atoms with Gasteiger partial charge in [-0.25, -0.2) is 4.79 Å². The standard InChI is InChI=1S/C13H19N3O2/c1-18-12-7-3-6-11(12)16-13(17)15-10-5-2-4-9(14)8-10/h2,4-5,8,11-12H,3,6-7,14H2,1H3,(H2,15,16,17). The average Bonchev–Trinajstić information content (AvgIpc) is 2.76. The Bertz CT molecular complexity index is 422. The lowest BCUT2D eigenvalue weighted by Gasteiger charge is -2.19. The number of nitrogens with one attached hydrogen (secondary N) is 2. The van der Waals surface area contributed by atoms with Crippen molar-refractivity contribution in [1.29, 1.82) is 0 Å². The Morgan fingerprint density at radius 1 is 1.44 bits per heavy atom. The molecule has 5 nitrogen and oxygen atoms in total. The van der Waals surface area contributed by atoms with E-state index in [0.29, 0.717) is 11.4 Å². The van der Waals surface area contributed by atoms with Crippen LogP contribution in [0.2, 0.25) is 0 Å². The van der Waals surface area contributed by atoms with Crippen LogP contribution in [0.5, 0.6) is 0 Å². The lowest BCUT2D eigenvalue weighted by atomic mass is 10.2. The van der Waals surface area contributed by atoms with Crippen molar-refractivity contribution in [2.75, 3.05) is 18.2 Å². The third-order valence-corrected chi connectivity index (χ3v) is 3.22. The fraction of sp³-hybridized carbons (Fsp3) is 0.462. The van der Waals surface area contributed by atoms with Gasteiger partial charge in [-0.05, 0) is 37.5 Å². The van der Waals surface area contributed by atoms with E-state index in [1.165, 1.54) is 0 Å². The third kappa shape index (κ3) is 3.13. The Balaban J connectivity index is 1.89. The normalized spacial score (nSPS) is 22.7. The summed E-state index contributed by atoms with van der Waals surface area (Å²) < 4.78 is 5.33. The largest absolute Gasteiger partial charge is 0.399 e. The van der Waals surface area contributed by atoms with Gasteiger partial charge < -0.3 is 21.1 Å². The molecular weight excluding hydrogens is 230 g/mol. The third-order valence-electron chi connectivity index (χ3n) is 3.22. The molecule has 18 heavy (non-hydrogen) atoms. The molecule has 1 aromatic carbocycles. The topological polar surface area (TPSA) is 76.4 Å². The molecule has 0 heterocycles. The molecule has 1 fully saturated rings. The maximum Gasteiger partial charge on any atom is 0.319 e. The maximum atomic E-state index is 11.8. The summed E-state index contributed by atoms with van der Waals surface area (Å²) in [6.45, 7) is 0. The van der Waals surface area contributed by atoms with Crippen molar-refractivity contribution in [2.24, 2.45) is 0 Å². The van der Waals surface area contributed by atoms with E-state index >= 15 is 0 Å².